The van der Waals surface area contributed by atoms with E-state index in [1.165, 1.54) is 24.5 Å². The van der Waals surface area contributed by atoms with Gasteiger partial charge in [0.1, 0.15) is 5.75 Å². The van der Waals surface area contributed by atoms with Gasteiger partial charge in [-0.15, -0.1) is 0 Å². The van der Waals surface area contributed by atoms with Gasteiger partial charge in [0.05, 0.1) is 0 Å². The molecule has 0 radical (unpaired) electrons. The van der Waals surface area contributed by atoms with Crippen molar-refractivity contribution in [3.63, 3.8) is 0 Å². The summed E-state index contributed by atoms with van der Waals surface area (Å²) in [7, 11) is 0. The second kappa shape index (κ2) is 5.86. The highest BCUT2D eigenvalue weighted by molar-refractivity contribution is 5.43. The number of para-hydroxylation sites is 1. The maximum atomic E-state index is 14.1. The molecule has 2 aromatic carbocycles. The van der Waals surface area contributed by atoms with Gasteiger partial charge in [-0.05, 0) is 44.4 Å². The summed E-state index contributed by atoms with van der Waals surface area (Å²) >= 11 is 0. The number of aryl methyl sites for hydroxylation is 2. The second-order valence-corrected chi connectivity index (χ2v) is 5.75. The van der Waals surface area contributed by atoms with Gasteiger partial charge in [0.25, 0.3) is 0 Å². The molecule has 1 saturated carbocycles. The van der Waals surface area contributed by atoms with Gasteiger partial charge in [-0.2, -0.15) is 0 Å². The van der Waals surface area contributed by atoms with Gasteiger partial charge < -0.3 is 10.1 Å². The van der Waals surface area contributed by atoms with Crippen LogP contribution in [0, 0.1) is 19.7 Å². The zero-order valence-electron chi connectivity index (χ0n) is 12.4. The Balaban J connectivity index is 1.85. The number of rotatable bonds is 5. The first kappa shape index (κ1) is 14.1. The smallest absolute Gasteiger partial charge is 0.167 e. The van der Waals surface area contributed by atoms with Gasteiger partial charge in [0.2, 0.25) is 0 Å². The second-order valence-electron chi connectivity index (χ2n) is 5.75. The van der Waals surface area contributed by atoms with Crippen LogP contribution in [0.3, 0.4) is 0 Å². The number of hydrogen-bond donors (Lipinski definition) is 1. The summed E-state index contributed by atoms with van der Waals surface area (Å²) in [6.45, 7) is 4.65. The Labute approximate surface area is 125 Å². The normalized spacial score (nSPS) is 14.2. The van der Waals surface area contributed by atoms with Crippen LogP contribution in [-0.2, 0) is 6.54 Å². The van der Waals surface area contributed by atoms with Crippen molar-refractivity contribution in [3.8, 4) is 11.5 Å². The van der Waals surface area contributed by atoms with Crippen LogP contribution in [-0.4, -0.2) is 6.04 Å². The van der Waals surface area contributed by atoms with Crippen molar-refractivity contribution in [1.82, 2.24) is 5.32 Å². The van der Waals surface area contributed by atoms with Crippen molar-refractivity contribution < 1.29 is 9.13 Å². The number of hydrogen-bond acceptors (Lipinski definition) is 2. The Kier molecular flexibility index (Phi) is 3.93. The topological polar surface area (TPSA) is 21.3 Å². The van der Waals surface area contributed by atoms with Crippen LogP contribution in [0.1, 0.15) is 29.5 Å². The Morgan fingerprint density at radius 3 is 2.71 bits per heavy atom. The minimum Gasteiger partial charge on any atom is -0.454 e. The van der Waals surface area contributed by atoms with E-state index in [0.29, 0.717) is 24.1 Å². The van der Waals surface area contributed by atoms with Gasteiger partial charge >= 0.3 is 0 Å². The van der Waals surface area contributed by atoms with E-state index in [1.54, 1.807) is 6.07 Å². The highest BCUT2D eigenvalue weighted by Crippen LogP contribution is 2.31. The average molecular weight is 285 g/mol. The van der Waals surface area contributed by atoms with Gasteiger partial charge in [0, 0.05) is 18.2 Å². The molecule has 1 N–H and O–H groups in total. The number of nitrogens with one attached hydrogen (secondary N) is 1. The van der Waals surface area contributed by atoms with Crippen LogP contribution in [0.15, 0.2) is 36.4 Å². The Hall–Kier alpha value is -1.87. The molecule has 1 aliphatic carbocycles. The molecule has 0 amide bonds. The lowest BCUT2D eigenvalue weighted by molar-refractivity contribution is 0.431. The highest BCUT2D eigenvalue weighted by Gasteiger charge is 2.21. The summed E-state index contributed by atoms with van der Waals surface area (Å²) in [5.41, 5.74) is 3.05. The van der Waals surface area contributed by atoms with Gasteiger partial charge in [-0.25, -0.2) is 4.39 Å². The molecule has 21 heavy (non-hydrogen) atoms. The molecular weight excluding hydrogens is 265 g/mol. The summed E-state index contributed by atoms with van der Waals surface area (Å²) < 4.78 is 20.0. The molecule has 110 valence electrons. The van der Waals surface area contributed by atoms with Crippen LogP contribution < -0.4 is 10.1 Å². The third kappa shape index (κ3) is 3.42. The molecule has 0 aromatic heterocycles. The van der Waals surface area contributed by atoms with E-state index in [-0.39, 0.29) is 5.82 Å². The predicted molar refractivity (Wildman–Crippen MR) is 82.3 cm³/mol. The largest absolute Gasteiger partial charge is 0.454 e. The maximum Gasteiger partial charge on any atom is 0.167 e. The molecule has 2 nitrogen and oxygen atoms in total. The summed E-state index contributed by atoms with van der Waals surface area (Å²) in [5.74, 6) is 0.723. The lowest BCUT2D eigenvalue weighted by Crippen LogP contribution is -2.16. The summed E-state index contributed by atoms with van der Waals surface area (Å²) in [6, 6.07) is 11.6. The molecule has 1 aliphatic rings. The molecular formula is C18H20FNO. The van der Waals surface area contributed by atoms with E-state index in [1.807, 2.05) is 38.1 Å². The van der Waals surface area contributed by atoms with Gasteiger partial charge in [-0.1, -0.05) is 29.8 Å². The predicted octanol–water partition coefficient (Wildman–Crippen LogP) is 4.49. The molecule has 0 heterocycles. The van der Waals surface area contributed by atoms with Crippen molar-refractivity contribution in [2.24, 2.45) is 0 Å². The van der Waals surface area contributed by atoms with Crippen LogP contribution in [0.4, 0.5) is 4.39 Å². The molecule has 0 unspecified atom stereocenters. The zero-order valence-corrected chi connectivity index (χ0v) is 12.4. The summed E-state index contributed by atoms with van der Waals surface area (Å²) in [5, 5.41) is 3.40. The number of benzene rings is 2. The molecule has 3 heteroatoms. The lowest BCUT2D eigenvalue weighted by atomic mass is 10.1. The molecule has 0 bridgehead atoms. The molecule has 0 atom stereocenters. The van der Waals surface area contributed by atoms with E-state index < -0.39 is 0 Å². The zero-order chi connectivity index (χ0) is 14.8. The van der Waals surface area contributed by atoms with E-state index >= 15 is 0 Å². The third-order valence-corrected chi connectivity index (χ3v) is 3.75. The number of halogens is 1. The highest BCUT2D eigenvalue weighted by atomic mass is 19.1. The van der Waals surface area contributed by atoms with Crippen molar-refractivity contribution in [2.45, 2.75) is 39.3 Å². The van der Waals surface area contributed by atoms with E-state index in [0.717, 1.165) is 11.1 Å². The molecule has 0 aliphatic heterocycles. The molecule has 0 saturated heterocycles. The van der Waals surface area contributed by atoms with Crippen LogP contribution >= 0.6 is 0 Å². The van der Waals surface area contributed by atoms with Crippen LogP contribution in [0.2, 0.25) is 0 Å². The Bertz CT molecular complexity index is 650. The van der Waals surface area contributed by atoms with Crippen molar-refractivity contribution >= 4 is 0 Å². The minimum atomic E-state index is -0.315. The fourth-order valence-electron chi connectivity index (χ4n) is 2.37. The third-order valence-electron chi connectivity index (χ3n) is 3.75. The van der Waals surface area contributed by atoms with Crippen LogP contribution in [0.5, 0.6) is 11.5 Å². The first-order valence-corrected chi connectivity index (χ1v) is 7.39. The fraction of sp³-hybridized carbons (Fsp3) is 0.333. The standard InChI is InChI=1S/C18H20FNO/c1-12-6-9-17(13(2)10-12)21-18-14(4-3-5-16(18)19)11-20-15-7-8-15/h3-6,9-10,15,20H,7-8,11H2,1-2H3. The van der Waals surface area contributed by atoms with E-state index in [2.05, 4.69) is 5.32 Å². The first-order chi connectivity index (χ1) is 10.1. The molecule has 1 fully saturated rings. The Morgan fingerprint density at radius 2 is 2.00 bits per heavy atom. The van der Waals surface area contributed by atoms with E-state index in [4.69, 9.17) is 4.74 Å². The SMILES string of the molecule is Cc1ccc(Oc2c(F)cccc2CNC2CC2)c(C)c1. The molecule has 2 aromatic rings. The molecule has 3 rings (SSSR count). The molecule has 0 spiro atoms. The van der Waals surface area contributed by atoms with E-state index in [9.17, 15) is 4.39 Å². The monoisotopic (exact) mass is 285 g/mol. The fourth-order valence-corrected chi connectivity index (χ4v) is 2.37. The van der Waals surface area contributed by atoms with Crippen LogP contribution in [0.25, 0.3) is 0 Å². The van der Waals surface area contributed by atoms with Gasteiger partial charge in [-0.3, -0.25) is 0 Å². The quantitative estimate of drug-likeness (QED) is 0.874. The maximum absolute atomic E-state index is 14.1. The Morgan fingerprint density at radius 1 is 1.19 bits per heavy atom. The summed E-state index contributed by atoms with van der Waals surface area (Å²) in [6.07, 6.45) is 2.42. The first-order valence-electron chi connectivity index (χ1n) is 7.39. The lowest BCUT2D eigenvalue weighted by Gasteiger charge is -2.14. The van der Waals surface area contributed by atoms with Crippen molar-refractivity contribution in [2.75, 3.05) is 0 Å². The minimum absolute atomic E-state index is 0.315. The summed E-state index contributed by atoms with van der Waals surface area (Å²) in [4.78, 5) is 0. The number of ether oxygens (including phenoxy) is 1. The average Bonchev–Trinajstić information content (AvgIpc) is 3.26. The van der Waals surface area contributed by atoms with Gasteiger partial charge in [0.15, 0.2) is 11.6 Å². The van der Waals surface area contributed by atoms with Crippen molar-refractivity contribution in [1.29, 1.82) is 0 Å². The van der Waals surface area contributed by atoms with Crippen molar-refractivity contribution in [3.05, 3.63) is 58.9 Å².